The zero-order valence-electron chi connectivity index (χ0n) is 10.9. The first-order chi connectivity index (χ1) is 9.32. The number of halogens is 1. The lowest BCUT2D eigenvalue weighted by Crippen LogP contribution is -2.45. The topological polar surface area (TPSA) is 111 Å². The third-order valence-electron chi connectivity index (χ3n) is 2.32. The molecule has 1 rings (SSSR count). The van der Waals surface area contributed by atoms with Crippen LogP contribution in [-0.4, -0.2) is 29.0 Å². The average Bonchev–Trinajstić information content (AvgIpc) is 2.34. The zero-order chi connectivity index (χ0) is 15.3. The highest BCUT2D eigenvalue weighted by Gasteiger charge is 2.28. The zero-order valence-corrected chi connectivity index (χ0v) is 11.7. The molecule has 0 aliphatic heterocycles. The van der Waals surface area contributed by atoms with E-state index in [2.05, 4.69) is 4.98 Å². The number of aromatic nitrogens is 1. The number of carbonyl (C=O) groups is 3. The van der Waals surface area contributed by atoms with E-state index in [0.29, 0.717) is 0 Å². The number of ether oxygens (including phenoxy) is 1. The Kier molecular flexibility index (Phi) is 5.45. The van der Waals surface area contributed by atoms with Crippen molar-refractivity contribution in [1.82, 2.24) is 10.3 Å². The van der Waals surface area contributed by atoms with Gasteiger partial charge in [0, 0.05) is 6.20 Å². The normalized spacial score (nSPS) is 11.8. The van der Waals surface area contributed by atoms with Gasteiger partial charge in [-0.2, -0.15) is 0 Å². The number of esters is 1. The van der Waals surface area contributed by atoms with Crippen molar-refractivity contribution in [3.63, 3.8) is 0 Å². The molecule has 3 N–H and O–H groups in total. The quantitative estimate of drug-likeness (QED) is 0.639. The molecule has 0 unspecified atom stereocenters. The highest BCUT2D eigenvalue weighted by Crippen LogP contribution is 2.16. The minimum Gasteiger partial charge on any atom is -0.448 e. The van der Waals surface area contributed by atoms with Crippen LogP contribution >= 0.6 is 11.6 Å². The summed E-state index contributed by atoms with van der Waals surface area (Å²) in [6.07, 6.45) is 0.255. The third kappa shape index (κ3) is 4.20. The predicted molar refractivity (Wildman–Crippen MR) is 71.0 cm³/mol. The molecule has 8 heteroatoms. The summed E-state index contributed by atoms with van der Waals surface area (Å²) in [5.74, 6) is -1.95. The Morgan fingerprint density at radius 2 is 2.05 bits per heavy atom. The number of carbonyl (C=O) groups excluding carboxylic acids is 3. The molecule has 0 aromatic carbocycles. The van der Waals surface area contributed by atoms with Crippen molar-refractivity contribution in [1.29, 1.82) is 0 Å². The van der Waals surface area contributed by atoms with Gasteiger partial charge >= 0.3 is 12.0 Å². The Bertz CT molecular complexity index is 533. The molecule has 0 aliphatic rings. The molecule has 20 heavy (non-hydrogen) atoms. The number of imide groups is 1. The summed E-state index contributed by atoms with van der Waals surface area (Å²) < 4.78 is 5.06. The Morgan fingerprint density at radius 3 is 2.55 bits per heavy atom. The van der Waals surface area contributed by atoms with Crippen LogP contribution in [0.15, 0.2) is 18.3 Å². The highest BCUT2D eigenvalue weighted by molar-refractivity contribution is 6.32. The number of nitrogens with one attached hydrogen (secondary N) is 1. The summed E-state index contributed by atoms with van der Waals surface area (Å²) in [6, 6.07) is 1.91. The summed E-state index contributed by atoms with van der Waals surface area (Å²) in [5, 5.41) is 1.84. The first-order valence-corrected chi connectivity index (χ1v) is 6.12. The van der Waals surface area contributed by atoms with Crippen LogP contribution in [0, 0.1) is 5.92 Å². The number of hydrogen-bond acceptors (Lipinski definition) is 5. The number of urea groups is 1. The summed E-state index contributed by atoms with van der Waals surface area (Å²) in [4.78, 5) is 38.0. The van der Waals surface area contributed by atoms with Crippen LogP contribution in [0.25, 0.3) is 0 Å². The fraction of sp³-hybridized carbons (Fsp3) is 0.333. The number of hydrogen-bond donors (Lipinski definition) is 2. The highest BCUT2D eigenvalue weighted by atomic mass is 35.5. The van der Waals surface area contributed by atoms with E-state index in [4.69, 9.17) is 22.1 Å². The van der Waals surface area contributed by atoms with Gasteiger partial charge in [-0.15, -0.1) is 0 Å². The molecule has 3 amide bonds. The van der Waals surface area contributed by atoms with Gasteiger partial charge in [-0.1, -0.05) is 25.4 Å². The summed E-state index contributed by atoms with van der Waals surface area (Å²) in [6.45, 7) is 3.31. The second-order valence-corrected chi connectivity index (χ2v) is 4.62. The van der Waals surface area contributed by atoms with Crippen molar-refractivity contribution in [2.24, 2.45) is 11.7 Å². The van der Waals surface area contributed by atoms with Gasteiger partial charge in [0.25, 0.3) is 5.91 Å². The maximum absolute atomic E-state index is 11.9. The second kappa shape index (κ2) is 6.85. The number of rotatable bonds is 4. The molecule has 1 aromatic heterocycles. The van der Waals surface area contributed by atoms with Gasteiger partial charge in [-0.05, 0) is 18.1 Å². The van der Waals surface area contributed by atoms with Crippen molar-refractivity contribution in [3.8, 4) is 0 Å². The van der Waals surface area contributed by atoms with Crippen LogP contribution in [0.3, 0.4) is 0 Å². The Hall–Kier alpha value is -2.15. The van der Waals surface area contributed by atoms with Gasteiger partial charge in [0.2, 0.25) is 0 Å². The van der Waals surface area contributed by atoms with Crippen molar-refractivity contribution < 1.29 is 19.1 Å². The maximum atomic E-state index is 11.9. The van der Waals surface area contributed by atoms with Gasteiger partial charge in [0.1, 0.15) is 5.15 Å². The van der Waals surface area contributed by atoms with Gasteiger partial charge in [-0.3, -0.25) is 10.1 Å². The van der Waals surface area contributed by atoms with E-state index in [1.807, 2.05) is 5.32 Å². The van der Waals surface area contributed by atoms with E-state index >= 15 is 0 Å². The van der Waals surface area contributed by atoms with Crippen LogP contribution in [0.4, 0.5) is 4.79 Å². The third-order valence-corrected chi connectivity index (χ3v) is 2.62. The first-order valence-electron chi connectivity index (χ1n) is 5.74. The number of nitrogens with zero attached hydrogens (tertiary/aromatic N) is 1. The van der Waals surface area contributed by atoms with Crippen molar-refractivity contribution in [3.05, 3.63) is 29.0 Å². The van der Waals surface area contributed by atoms with E-state index in [1.165, 1.54) is 18.3 Å². The van der Waals surface area contributed by atoms with Gasteiger partial charge in [0.15, 0.2) is 6.10 Å². The van der Waals surface area contributed by atoms with Gasteiger partial charge in [0.05, 0.1) is 5.56 Å². The molecule has 0 fully saturated rings. The largest absolute Gasteiger partial charge is 0.448 e. The molecule has 0 bridgehead atoms. The van der Waals surface area contributed by atoms with Crippen LogP contribution in [-0.2, 0) is 9.53 Å². The maximum Gasteiger partial charge on any atom is 0.342 e. The molecule has 0 radical (unpaired) electrons. The molecule has 1 atom stereocenters. The SMILES string of the molecule is CC(C)[C@H](OC(=O)c1cccnc1Cl)C(=O)NC(N)=O. The number of amides is 3. The van der Waals surface area contributed by atoms with E-state index in [-0.39, 0.29) is 16.6 Å². The Morgan fingerprint density at radius 1 is 1.40 bits per heavy atom. The monoisotopic (exact) mass is 299 g/mol. The summed E-state index contributed by atoms with van der Waals surface area (Å²) >= 11 is 5.76. The predicted octanol–water partition coefficient (Wildman–Crippen LogP) is 1.11. The smallest absolute Gasteiger partial charge is 0.342 e. The molecule has 0 saturated carbocycles. The summed E-state index contributed by atoms with van der Waals surface area (Å²) in [5.41, 5.74) is 4.89. The molecule has 0 saturated heterocycles. The molecular formula is C12H14ClN3O4. The van der Waals surface area contributed by atoms with Crippen molar-refractivity contribution >= 4 is 29.5 Å². The molecule has 1 heterocycles. The van der Waals surface area contributed by atoms with Gasteiger partial charge < -0.3 is 10.5 Å². The van der Waals surface area contributed by atoms with E-state index < -0.39 is 24.0 Å². The van der Waals surface area contributed by atoms with Crippen LogP contribution < -0.4 is 11.1 Å². The molecule has 0 aliphatic carbocycles. The summed E-state index contributed by atoms with van der Waals surface area (Å²) in [7, 11) is 0. The molecule has 0 spiro atoms. The number of primary amides is 1. The van der Waals surface area contributed by atoms with E-state index in [0.717, 1.165) is 0 Å². The lowest BCUT2D eigenvalue weighted by molar-refractivity contribution is -0.130. The number of nitrogens with two attached hydrogens (primary N) is 1. The fourth-order valence-corrected chi connectivity index (χ4v) is 1.60. The minimum atomic E-state index is -1.16. The lowest BCUT2D eigenvalue weighted by atomic mass is 10.1. The van der Waals surface area contributed by atoms with E-state index in [9.17, 15) is 14.4 Å². The van der Waals surface area contributed by atoms with Crippen molar-refractivity contribution in [2.45, 2.75) is 20.0 Å². The van der Waals surface area contributed by atoms with Crippen LogP contribution in [0.1, 0.15) is 24.2 Å². The fourth-order valence-electron chi connectivity index (χ4n) is 1.40. The second-order valence-electron chi connectivity index (χ2n) is 4.27. The Balaban J connectivity index is 2.86. The van der Waals surface area contributed by atoms with Gasteiger partial charge in [-0.25, -0.2) is 14.6 Å². The minimum absolute atomic E-state index is 0.0321. The average molecular weight is 300 g/mol. The molecular weight excluding hydrogens is 286 g/mol. The molecule has 7 nitrogen and oxygen atoms in total. The van der Waals surface area contributed by atoms with Crippen LogP contribution in [0.2, 0.25) is 5.15 Å². The molecule has 1 aromatic rings. The standard InChI is InChI=1S/C12H14ClN3O4/c1-6(2)8(10(17)16-12(14)19)20-11(18)7-4-3-5-15-9(7)13/h3-6,8H,1-2H3,(H3,14,16,17,19)/t8-/m0/s1. The first kappa shape index (κ1) is 15.9. The number of pyridine rings is 1. The lowest BCUT2D eigenvalue weighted by Gasteiger charge is -2.19. The Labute approximate surface area is 120 Å². The van der Waals surface area contributed by atoms with Crippen LogP contribution in [0.5, 0.6) is 0 Å². The molecule has 108 valence electrons. The van der Waals surface area contributed by atoms with E-state index in [1.54, 1.807) is 13.8 Å². The van der Waals surface area contributed by atoms with Crippen molar-refractivity contribution in [2.75, 3.05) is 0 Å².